The van der Waals surface area contributed by atoms with Crippen molar-refractivity contribution in [3.63, 3.8) is 0 Å². The molecule has 0 aliphatic carbocycles. The van der Waals surface area contributed by atoms with Gasteiger partial charge in [-0.05, 0) is 46.6 Å². The van der Waals surface area contributed by atoms with Gasteiger partial charge in [-0.3, -0.25) is 0 Å². The normalized spacial score (nSPS) is 32.4. The average molecular weight is 270 g/mol. The Hall–Kier alpha value is -0.810. The molecule has 0 aromatic rings. The van der Waals surface area contributed by atoms with E-state index >= 15 is 0 Å². The maximum absolute atomic E-state index is 12.1. The number of hydrogen-bond acceptors (Lipinski definition) is 4. The largest absolute Gasteiger partial charge is 0.444 e. The molecule has 1 spiro atoms. The first-order valence-electron chi connectivity index (χ1n) is 7.19. The van der Waals surface area contributed by atoms with Crippen LogP contribution in [0.2, 0.25) is 0 Å². The van der Waals surface area contributed by atoms with E-state index < -0.39 is 5.60 Å². The van der Waals surface area contributed by atoms with E-state index in [1.165, 1.54) is 0 Å². The van der Waals surface area contributed by atoms with Gasteiger partial charge in [0.1, 0.15) is 5.60 Å². The van der Waals surface area contributed by atoms with Crippen molar-refractivity contribution in [1.82, 2.24) is 10.2 Å². The van der Waals surface area contributed by atoms with Crippen LogP contribution < -0.4 is 5.32 Å². The first kappa shape index (κ1) is 14.6. The van der Waals surface area contributed by atoms with Crippen LogP contribution in [0.4, 0.5) is 4.79 Å². The minimum atomic E-state index is -0.467. The summed E-state index contributed by atoms with van der Waals surface area (Å²) in [5, 5.41) is 13.6. The Morgan fingerprint density at radius 2 is 2.21 bits per heavy atom. The van der Waals surface area contributed by atoms with E-state index in [4.69, 9.17) is 4.74 Å². The zero-order valence-corrected chi connectivity index (χ0v) is 12.2. The van der Waals surface area contributed by atoms with Gasteiger partial charge in [0.2, 0.25) is 0 Å². The van der Waals surface area contributed by atoms with Crippen LogP contribution in [-0.2, 0) is 4.74 Å². The van der Waals surface area contributed by atoms with Gasteiger partial charge in [0.15, 0.2) is 0 Å². The van der Waals surface area contributed by atoms with Crippen molar-refractivity contribution in [1.29, 1.82) is 0 Å². The second kappa shape index (κ2) is 5.29. The number of aliphatic hydroxyl groups is 1. The molecular formula is C14H26N2O3. The Balaban J connectivity index is 2.02. The summed E-state index contributed by atoms with van der Waals surface area (Å²) in [5.74, 6) is 0. The summed E-state index contributed by atoms with van der Waals surface area (Å²) in [7, 11) is 0. The third kappa shape index (κ3) is 3.39. The molecule has 1 amide bonds. The van der Waals surface area contributed by atoms with Gasteiger partial charge in [0, 0.05) is 25.0 Å². The van der Waals surface area contributed by atoms with E-state index in [2.05, 4.69) is 5.32 Å². The second-order valence-corrected chi connectivity index (χ2v) is 6.85. The van der Waals surface area contributed by atoms with Crippen LogP contribution in [0.3, 0.4) is 0 Å². The maximum atomic E-state index is 12.1. The monoisotopic (exact) mass is 270 g/mol. The summed E-state index contributed by atoms with van der Waals surface area (Å²) < 4.78 is 5.43. The van der Waals surface area contributed by atoms with E-state index in [-0.39, 0.29) is 17.6 Å². The molecule has 2 unspecified atom stereocenters. The molecule has 2 aliphatic heterocycles. The quantitative estimate of drug-likeness (QED) is 0.697. The predicted octanol–water partition coefficient (Wildman–Crippen LogP) is 1.36. The van der Waals surface area contributed by atoms with E-state index in [0.717, 1.165) is 38.9 Å². The van der Waals surface area contributed by atoms with Crippen LogP contribution in [0.25, 0.3) is 0 Å². The topological polar surface area (TPSA) is 61.8 Å². The molecule has 0 bridgehead atoms. The number of rotatable bonds is 0. The van der Waals surface area contributed by atoms with Gasteiger partial charge in [-0.15, -0.1) is 0 Å². The number of likely N-dealkylation sites (tertiary alicyclic amines) is 1. The van der Waals surface area contributed by atoms with Gasteiger partial charge in [0.25, 0.3) is 0 Å². The molecule has 2 atom stereocenters. The number of ether oxygens (including phenoxy) is 1. The van der Waals surface area contributed by atoms with Crippen molar-refractivity contribution >= 4 is 6.09 Å². The third-order valence-corrected chi connectivity index (χ3v) is 4.04. The van der Waals surface area contributed by atoms with Crippen LogP contribution in [-0.4, -0.2) is 54.0 Å². The minimum Gasteiger partial charge on any atom is -0.444 e. The summed E-state index contributed by atoms with van der Waals surface area (Å²) in [5.41, 5.74) is -0.654. The molecule has 0 saturated carbocycles. The zero-order valence-electron chi connectivity index (χ0n) is 12.2. The summed E-state index contributed by atoms with van der Waals surface area (Å²) in [6.07, 6.45) is 2.09. The summed E-state index contributed by atoms with van der Waals surface area (Å²) in [4.78, 5) is 13.9. The lowest BCUT2D eigenvalue weighted by atomic mass is 9.72. The van der Waals surface area contributed by atoms with Gasteiger partial charge in [-0.25, -0.2) is 4.79 Å². The van der Waals surface area contributed by atoms with Crippen molar-refractivity contribution in [3.05, 3.63) is 0 Å². The molecule has 0 aromatic carbocycles. The lowest BCUT2D eigenvalue weighted by Crippen LogP contribution is -2.59. The molecule has 2 fully saturated rings. The van der Waals surface area contributed by atoms with Gasteiger partial charge >= 0.3 is 6.09 Å². The number of aliphatic hydroxyl groups excluding tert-OH is 1. The van der Waals surface area contributed by atoms with Crippen molar-refractivity contribution in [2.75, 3.05) is 26.2 Å². The Labute approximate surface area is 115 Å². The molecule has 2 aliphatic rings. The van der Waals surface area contributed by atoms with Crippen molar-refractivity contribution in [3.8, 4) is 0 Å². The number of carbonyl (C=O) groups is 1. The lowest BCUT2D eigenvalue weighted by molar-refractivity contribution is -0.0552. The molecule has 110 valence electrons. The average Bonchev–Trinajstić information content (AvgIpc) is 2.31. The van der Waals surface area contributed by atoms with E-state index in [9.17, 15) is 9.90 Å². The number of piperidine rings is 2. The molecule has 2 saturated heterocycles. The number of amides is 1. The molecule has 2 rings (SSSR count). The maximum Gasteiger partial charge on any atom is 0.410 e. The van der Waals surface area contributed by atoms with Crippen LogP contribution in [0.15, 0.2) is 0 Å². The third-order valence-electron chi connectivity index (χ3n) is 4.04. The Kier molecular flexibility index (Phi) is 4.06. The van der Waals surface area contributed by atoms with Gasteiger partial charge < -0.3 is 20.1 Å². The lowest BCUT2D eigenvalue weighted by Gasteiger charge is -2.48. The van der Waals surface area contributed by atoms with Crippen molar-refractivity contribution in [2.24, 2.45) is 5.41 Å². The number of hydrogen-bond donors (Lipinski definition) is 2. The Morgan fingerprint density at radius 3 is 2.84 bits per heavy atom. The summed E-state index contributed by atoms with van der Waals surface area (Å²) >= 11 is 0. The number of nitrogens with one attached hydrogen (secondary N) is 1. The van der Waals surface area contributed by atoms with Gasteiger partial charge in [-0.1, -0.05) is 0 Å². The van der Waals surface area contributed by atoms with Gasteiger partial charge in [0.05, 0.1) is 6.10 Å². The fourth-order valence-electron chi connectivity index (χ4n) is 3.06. The number of nitrogens with zero attached hydrogens (tertiary/aromatic N) is 1. The van der Waals surface area contributed by atoms with Gasteiger partial charge in [-0.2, -0.15) is 0 Å². The van der Waals surface area contributed by atoms with E-state index in [1.54, 1.807) is 4.90 Å². The predicted molar refractivity (Wildman–Crippen MR) is 73.0 cm³/mol. The van der Waals surface area contributed by atoms with E-state index in [1.807, 2.05) is 20.8 Å². The highest BCUT2D eigenvalue weighted by atomic mass is 16.6. The highest BCUT2D eigenvalue weighted by molar-refractivity contribution is 5.68. The molecular weight excluding hydrogens is 244 g/mol. The van der Waals surface area contributed by atoms with Crippen LogP contribution in [0.5, 0.6) is 0 Å². The second-order valence-electron chi connectivity index (χ2n) is 6.85. The summed E-state index contributed by atoms with van der Waals surface area (Å²) in [6.45, 7) is 8.59. The first-order valence-corrected chi connectivity index (χ1v) is 7.19. The van der Waals surface area contributed by atoms with E-state index in [0.29, 0.717) is 6.54 Å². The van der Waals surface area contributed by atoms with Crippen LogP contribution in [0.1, 0.15) is 40.0 Å². The molecule has 0 radical (unpaired) electrons. The Bertz CT molecular complexity index is 336. The van der Waals surface area contributed by atoms with Crippen molar-refractivity contribution < 1.29 is 14.6 Å². The van der Waals surface area contributed by atoms with Crippen LogP contribution in [0, 0.1) is 5.41 Å². The highest BCUT2D eigenvalue weighted by Gasteiger charge is 2.44. The smallest absolute Gasteiger partial charge is 0.410 e. The Morgan fingerprint density at radius 1 is 1.47 bits per heavy atom. The summed E-state index contributed by atoms with van der Waals surface area (Å²) in [6, 6.07) is 0. The molecule has 5 nitrogen and oxygen atoms in total. The highest BCUT2D eigenvalue weighted by Crippen LogP contribution is 2.36. The fraction of sp³-hybridized carbons (Fsp3) is 0.929. The van der Waals surface area contributed by atoms with Crippen molar-refractivity contribution in [2.45, 2.75) is 51.7 Å². The fourth-order valence-corrected chi connectivity index (χ4v) is 3.06. The molecule has 0 aromatic heterocycles. The molecule has 5 heteroatoms. The standard InChI is InChI=1S/C14H26N2O3/c1-13(2,3)19-12(18)16-8-4-6-14(10-16)9-15-7-5-11(14)17/h11,15,17H,4-10H2,1-3H3. The minimum absolute atomic E-state index is 0.187. The molecule has 2 heterocycles. The SMILES string of the molecule is CC(C)(C)OC(=O)N1CCCC2(CNCCC2O)C1. The molecule has 2 N–H and O–H groups in total. The molecule has 19 heavy (non-hydrogen) atoms. The number of carbonyl (C=O) groups excluding carboxylic acids is 1. The van der Waals surface area contributed by atoms with Crippen LogP contribution >= 0.6 is 0 Å². The first-order chi connectivity index (χ1) is 8.82. The zero-order chi connectivity index (χ0) is 14.1.